The topological polar surface area (TPSA) is 151 Å². The molecule has 0 spiro atoms. The molecule has 3 rings (SSSR count). The minimum Gasteiger partial charge on any atom is -0.462 e. The number of nitrogen functional groups attached to an aromatic ring is 2. The molecule has 2 aromatic rings. The van der Waals surface area contributed by atoms with Gasteiger partial charge < -0.3 is 30.8 Å². The highest BCUT2D eigenvalue weighted by Gasteiger charge is 2.25. The first kappa shape index (κ1) is 33.8. The van der Waals surface area contributed by atoms with Crippen LogP contribution in [0.4, 0.5) is 11.4 Å². The summed E-state index contributed by atoms with van der Waals surface area (Å²) < 4.78 is 15.2. The van der Waals surface area contributed by atoms with E-state index in [1.807, 2.05) is 18.2 Å². The van der Waals surface area contributed by atoms with Crippen LogP contribution in [0.15, 0.2) is 72.8 Å². The number of ether oxygens (including phenoxy) is 3. The maximum absolute atomic E-state index is 12.0. The van der Waals surface area contributed by atoms with Gasteiger partial charge in [-0.2, -0.15) is 0 Å². The molecule has 1 saturated carbocycles. The summed E-state index contributed by atoms with van der Waals surface area (Å²) in [5, 5.41) is 8.19. The van der Waals surface area contributed by atoms with E-state index in [9.17, 15) is 14.4 Å². The second-order valence-electron chi connectivity index (χ2n) is 10.2. The first-order valence-corrected chi connectivity index (χ1v) is 13.9. The highest BCUT2D eigenvalue weighted by Crippen LogP contribution is 2.34. The van der Waals surface area contributed by atoms with Crippen molar-refractivity contribution in [1.82, 2.24) is 0 Å². The molecule has 5 N–H and O–H groups in total. The van der Waals surface area contributed by atoms with Crippen LogP contribution in [0.5, 0.6) is 0 Å². The van der Waals surface area contributed by atoms with Crippen LogP contribution in [0.25, 0.3) is 6.08 Å². The highest BCUT2D eigenvalue weighted by atomic mass is 16.5. The number of aliphatic hydroxyl groups excluding tert-OH is 1. The molecule has 1 fully saturated rings. The second kappa shape index (κ2) is 17.4. The molecule has 0 heterocycles. The average Bonchev–Trinajstić information content (AvgIpc) is 2.97. The predicted octanol–water partition coefficient (Wildman–Crippen LogP) is 4.89. The van der Waals surface area contributed by atoms with Crippen molar-refractivity contribution in [2.45, 2.75) is 58.0 Å². The molecule has 1 aliphatic rings. The van der Waals surface area contributed by atoms with E-state index in [0.717, 1.165) is 36.8 Å². The van der Waals surface area contributed by atoms with Crippen molar-refractivity contribution < 1.29 is 33.7 Å². The van der Waals surface area contributed by atoms with Gasteiger partial charge in [0.2, 0.25) is 0 Å². The number of carbonyl (C=O) groups is 3. The summed E-state index contributed by atoms with van der Waals surface area (Å²) in [5.41, 5.74) is 16.7. The summed E-state index contributed by atoms with van der Waals surface area (Å²) in [5.74, 6) is -0.698. The number of nitrogens with two attached hydrogens (primary N) is 2. The van der Waals surface area contributed by atoms with Crippen LogP contribution in [-0.4, -0.2) is 48.9 Å². The van der Waals surface area contributed by atoms with Crippen molar-refractivity contribution in [3.63, 3.8) is 0 Å². The van der Waals surface area contributed by atoms with Gasteiger partial charge in [0.15, 0.2) is 0 Å². The van der Waals surface area contributed by atoms with Crippen molar-refractivity contribution in [1.29, 1.82) is 0 Å². The first-order chi connectivity index (χ1) is 20.0. The van der Waals surface area contributed by atoms with Crippen molar-refractivity contribution in [3.05, 3.63) is 89.5 Å². The molecule has 0 atom stereocenters. The highest BCUT2D eigenvalue weighted by molar-refractivity contribution is 5.87. The lowest BCUT2D eigenvalue weighted by Crippen LogP contribution is -2.24. The summed E-state index contributed by atoms with van der Waals surface area (Å²) in [7, 11) is 0. The van der Waals surface area contributed by atoms with E-state index < -0.39 is 11.9 Å². The first-order valence-electron chi connectivity index (χ1n) is 13.9. The van der Waals surface area contributed by atoms with Crippen LogP contribution >= 0.6 is 0 Å². The van der Waals surface area contributed by atoms with Crippen molar-refractivity contribution in [2.24, 2.45) is 0 Å². The third-order valence-electron chi connectivity index (χ3n) is 6.57. The van der Waals surface area contributed by atoms with Crippen LogP contribution in [0, 0.1) is 0 Å². The normalized spacial score (nSPS) is 16.1. The molecule has 2 aromatic carbocycles. The Morgan fingerprint density at radius 2 is 1.55 bits per heavy atom. The summed E-state index contributed by atoms with van der Waals surface area (Å²) in [6.07, 6.45) is 7.38. The number of carbonyl (C=O) groups excluding carboxylic acids is 3. The lowest BCUT2D eigenvalue weighted by atomic mass is 9.82. The Hall–Kier alpha value is -4.37. The summed E-state index contributed by atoms with van der Waals surface area (Å²) in [4.78, 5) is 34.2. The van der Waals surface area contributed by atoms with Gasteiger partial charge in [0.05, 0.1) is 13.2 Å². The van der Waals surface area contributed by atoms with Crippen molar-refractivity contribution >= 4 is 35.4 Å². The second-order valence-corrected chi connectivity index (χ2v) is 10.2. The number of anilines is 2. The van der Waals surface area contributed by atoms with Crippen molar-refractivity contribution in [3.8, 4) is 0 Å². The molecule has 1 aliphatic carbocycles. The lowest BCUT2D eigenvalue weighted by Gasteiger charge is -2.28. The Labute approximate surface area is 247 Å². The van der Waals surface area contributed by atoms with Crippen LogP contribution in [0.2, 0.25) is 0 Å². The molecule has 0 bridgehead atoms. The molecule has 42 heavy (non-hydrogen) atoms. The largest absolute Gasteiger partial charge is 0.462 e. The summed E-state index contributed by atoms with van der Waals surface area (Å²) in [6.45, 7) is 10.4. The fourth-order valence-electron chi connectivity index (χ4n) is 4.22. The third-order valence-corrected chi connectivity index (χ3v) is 6.57. The molecule has 0 aliphatic heterocycles. The zero-order valence-electron chi connectivity index (χ0n) is 24.5. The zero-order chi connectivity index (χ0) is 31.1. The zero-order valence-corrected chi connectivity index (χ0v) is 24.5. The lowest BCUT2D eigenvalue weighted by molar-refractivity contribution is -0.145. The molecule has 226 valence electrons. The molecule has 0 radical (unpaired) electrons. The van der Waals surface area contributed by atoms with Crippen molar-refractivity contribution in [2.75, 3.05) is 31.3 Å². The molecule has 0 saturated heterocycles. The van der Waals surface area contributed by atoms with Crippen LogP contribution in [0.1, 0.15) is 62.1 Å². The molecule has 9 heteroatoms. The van der Waals surface area contributed by atoms with E-state index in [0.29, 0.717) is 34.9 Å². The van der Waals surface area contributed by atoms with Gasteiger partial charge >= 0.3 is 17.9 Å². The maximum Gasteiger partial charge on any atom is 0.333 e. The number of esters is 3. The summed E-state index contributed by atoms with van der Waals surface area (Å²) in [6, 6.07) is 13.5. The van der Waals surface area contributed by atoms with Gasteiger partial charge in [0.1, 0.15) is 12.7 Å². The van der Waals surface area contributed by atoms with Gasteiger partial charge in [-0.05, 0) is 80.3 Å². The molecule has 9 nitrogen and oxygen atoms in total. The maximum atomic E-state index is 12.0. The summed E-state index contributed by atoms with van der Waals surface area (Å²) >= 11 is 0. The SMILES string of the molecule is C=C(C)C(=O)OC1CCC(c2ccc(/C=C/C(=O)OCCc3ccc(N)cc3N)cc2)CC1.C=C(C)C(=O)OCCO. The van der Waals surface area contributed by atoms with Crippen LogP contribution < -0.4 is 11.5 Å². The van der Waals surface area contributed by atoms with E-state index in [4.69, 9.17) is 26.0 Å². The standard InChI is InChI=1S/C27H32N2O4.C6H10O3/c1-18(2)27(31)33-24-12-9-21(10-13-24)20-6-3-19(4-7-20)5-14-26(30)32-16-15-22-8-11-23(28)17-25(22)29;1-5(2)6(8)9-4-3-7/h3-8,11,14,17,21,24H,1,9-10,12-13,15-16,28-29H2,2H3;7H,1,3-4H2,2H3/b14-5+;. The monoisotopic (exact) mass is 578 g/mol. The van der Waals surface area contributed by atoms with E-state index in [1.165, 1.54) is 11.6 Å². The molecule has 0 unspecified atom stereocenters. The number of rotatable bonds is 11. The minimum atomic E-state index is -0.455. The predicted molar refractivity (Wildman–Crippen MR) is 164 cm³/mol. The van der Waals surface area contributed by atoms with Gasteiger partial charge in [-0.15, -0.1) is 0 Å². The quantitative estimate of drug-likeness (QED) is 0.146. The van der Waals surface area contributed by atoms with Gasteiger partial charge in [-0.25, -0.2) is 14.4 Å². The molecule has 0 aromatic heterocycles. The van der Waals surface area contributed by atoms with Crippen LogP contribution in [-0.2, 0) is 35.0 Å². The van der Waals surface area contributed by atoms with E-state index in [-0.39, 0.29) is 31.9 Å². The Bertz CT molecular complexity index is 1260. The van der Waals surface area contributed by atoms with Gasteiger partial charge in [0.25, 0.3) is 0 Å². The van der Waals surface area contributed by atoms with Gasteiger partial charge in [-0.1, -0.05) is 43.5 Å². The Morgan fingerprint density at radius 1 is 0.905 bits per heavy atom. The number of hydrogen-bond acceptors (Lipinski definition) is 9. The van der Waals surface area contributed by atoms with E-state index in [2.05, 4.69) is 30.0 Å². The fraction of sp³-hybridized carbons (Fsp3) is 0.364. The minimum absolute atomic E-state index is 0.0184. The smallest absolute Gasteiger partial charge is 0.333 e. The van der Waals surface area contributed by atoms with Crippen LogP contribution in [0.3, 0.4) is 0 Å². The van der Waals surface area contributed by atoms with Gasteiger partial charge in [-0.3, -0.25) is 0 Å². The Kier molecular flexibility index (Phi) is 14.1. The number of aliphatic hydroxyl groups is 1. The fourth-order valence-corrected chi connectivity index (χ4v) is 4.22. The molecule has 0 amide bonds. The van der Waals surface area contributed by atoms with E-state index in [1.54, 1.807) is 32.1 Å². The Morgan fingerprint density at radius 3 is 2.12 bits per heavy atom. The van der Waals surface area contributed by atoms with E-state index >= 15 is 0 Å². The Balaban J connectivity index is 0.000000592. The van der Waals surface area contributed by atoms with Gasteiger partial charge in [0, 0.05) is 35.0 Å². The number of hydrogen-bond donors (Lipinski definition) is 3. The third kappa shape index (κ3) is 12.0. The number of benzene rings is 2. The molecular weight excluding hydrogens is 536 g/mol. The average molecular weight is 579 g/mol. The molecular formula is C33H42N2O7.